The fourth-order valence-corrected chi connectivity index (χ4v) is 3.95. The number of nitrogens with one attached hydrogen (secondary N) is 1. The Balaban J connectivity index is 0.000000687. The number of hydrogen-bond donors (Lipinski definition) is 2. The van der Waals surface area contributed by atoms with Gasteiger partial charge in [0.2, 0.25) is 0 Å². The average molecular weight is 424 g/mol. The van der Waals surface area contributed by atoms with E-state index < -0.39 is 23.1 Å². The molecule has 0 radical (unpaired) electrons. The van der Waals surface area contributed by atoms with E-state index in [1.807, 2.05) is 30.3 Å². The molecule has 0 spiro atoms. The van der Waals surface area contributed by atoms with Gasteiger partial charge in [-0.3, -0.25) is 9.80 Å². The zero-order chi connectivity index (χ0) is 21.4. The number of nitrogens with zero attached hydrogens (tertiary/aromatic N) is 1. The molecule has 1 amide bonds. The Morgan fingerprint density at radius 2 is 1.93 bits per heavy atom. The first-order chi connectivity index (χ1) is 13.9. The minimum Gasteiger partial charge on any atom is -0.372 e. The quantitative estimate of drug-likeness (QED) is 0.757. The smallest absolute Gasteiger partial charge is 0.266 e. The van der Waals surface area contributed by atoms with Gasteiger partial charge < -0.3 is 10.5 Å². The molecule has 5 nitrogen and oxygen atoms in total. The molecule has 1 aliphatic rings. The highest BCUT2D eigenvalue weighted by Crippen LogP contribution is 2.47. The third-order valence-corrected chi connectivity index (χ3v) is 5.68. The van der Waals surface area contributed by atoms with Gasteiger partial charge in [0.25, 0.3) is 5.91 Å². The Hall–Kier alpha value is -2.00. The van der Waals surface area contributed by atoms with Gasteiger partial charge in [0.05, 0.1) is 0 Å². The lowest BCUT2D eigenvalue weighted by Gasteiger charge is -2.25. The monoisotopic (exact) mass is 423 g/mol. The standard InChI is InChI=1S/C18H18F2N2O2S.C3H9N/c1-11(24-2)17(23)22-18(12-6-4-3-5-7-12)25-16(21-22)14-10-13(19)8-9-15(14)20;1-2-3-4/h3-11,16,18,21H,1-2H3;2-4H2,1H3. The van der Waals surface area contributed by atoms with Gasteiger partial charge >= 0.3 is 0 Å². The van der Waals surface area contributed by atoms with E-state index in [1.165, 1.54) is 23.9 Å². The Kier molecular flexibility index (Phi) is 9.03. The summed E-state index contributed by atoms with van der Waals surface area (Å²) in [6, 6.07) is 12.7. The van der Waals surface area contributed by atoms with E-state index in [9.17, 15) is 13.6 Å². The Morgan fingerprint density at radius 1 is 1.28 bits per heavy atom. The fraction of sp³-hybridized carbons (Fsp3) is 0.381. The van der Waals surface area contributed by atoms with Crippen LogP contribution in [0.5, 0.6) is 0 Å². The molecule has 1 saturated heterocycles. The van der Waals surface area contributed by atoms with Crippen LogP contribution in [0, 0.1) is 11.6 Å². The van der Waals surface area contributed by atoms with E-state index in [2.05, 4.69) is 12.3 Å². The third kappa shape index (κ3) is 5.99. The molecule has 0 saturated carbocycles. The van der Waals surface area contributed by atoms with Gasteiger partial charge in [0.1, 0.15) is 28.5 Å². The predicted molar refractivity (Wildman–Crippen MR) is 112 cm³/mol. The van der Waals surface area contributed by atoms with Gasteiger partial charge in [0.15, 0.2) is 0 Å². The first-order valence-corrected chi connectivity index (χ1v) is 10.3. The number of benzene rings is 2. The molecule has 3 atom stereocenters. The van der Waals surface area contributed by atoms with E-state index in [0.29, 0.717) is 0 Å². The highest BCUT2D eigenvalue weighted by atomic mass is 32.2. The number of hydrogen-bond acceptors (Lipinski definition) is 5. The minimum absolute atomic E-state index is 0.173. The lowest BCUT2D eigenvalue weighted by molar-refractivity contribution is -0.144. The fourth-order valence-electron chi connectivity index (χ4n) is 2.59. The summed E-state index contributed by atoms with van der Waals surface area (Å²) >= 11 is 1.34. The summed E-state index contributed by atoms with van der Waals surface area (Å²) in [7, 11) is 1.45. The lowest BCUT2D eigenvalue weighted by Crippen LogP contribution is -2.44. The number of carbonyl (C=O) groups is 1. The maximum atomic E-state index is 14.2. The van der Waals surface area contributed by atoms with Crippen molar-refractivity contribution >= 4 is 17.7 Å². The predicted octanol–water partition coefficient (Wildman–Crippen LogP) is 4.13. The molecular formula is C21H27F2N3O2S. The zero-order valence-electron chi connectivity index (χ0n) is 16.8. The molecule has 29 heavy (non-hydrogen) atoms. The van der Waals surface area contributed by atoms with Crippen LogP contribution in [0.25, 0.3) is 0 Å². The number of halogens is 2. The molecule has 2 aromatic rings. The summed E-state index contributed by atoms with van der Waals surface area (Å²) in [4.78, 5) is 12.6. The number of carbonyl (C=O) groups excluding carboxylic acids is 1. The average Bonchev–Trinajstić information content (AvgIpc) is 3.20. The maximum Gasteiger partial charge on any atom is 0.266 e. The van der Waals surface area contributed by atoms with Crippen molar-refractivity contribution in [3.8, 4) is 0 Å². The second-order valence-electron chi connectivity index (χ2n) is 6.45. The summed E-state index contributed by atoms with van der Waals surface area (Å²) in [5.41, 5.74) is 9.08. The first-order valence-electron chi connectivity index (χ1n) is 9.40. The number of rotatable bonds is 5. The normalized spacial score (nSPS) is 19.4. The summed E-state index contributed by atoms with van der Waals surface area (Å²) in [5.74, 6) is -1.32. The van der Waals surface area contributed by atoms with Crippen molar-refractivity contribution in [2.45, 2.75) is 37.1 Å². The van der Waals surface area contributed by atoms with E-state index in [4.69, 9.17) is 10.5 Å². The van der Waals surface area contributed by atoms with Crippen molar-refractivity contribution in [2.24, 2.45) is 5.73 Å². The van der Waals surface area contributed by atoms with Gasteiger partial charge in [-0.1, -0.05) is 37.3 Å². The van der Waals surface area contributed by atoms with Crippen LogP contribution in [0.1, 0.15) is 42.1 Å². The molecule has 158 valence electrons. The van der Waals surface area contributed by atoms with Crippen molar-refractivity contribution in [2.75, 3.05) is 13.7 Å². The van der Waals surface area contributed by atoms with E-state index >= 15 is 0 Å². The molecule has 3 unspecified atom stereocenters. The maximum absolute atomic E-state index is 14.2. The summed E-state index contributed by atoms with van der Waals surface area (Å²) in [6.07, 6.45) is 0.440. The van der Waals surface area contributed by atoms with Crippen LogP contribution in [-0.4, -0.2) is 30.7 Å². The van der Waals surface area contributed by atoms with Crippen molar-refractivity contribution < 1.29 is 18.3 Å². The molecule has 0 bridgehead atoms. The van der Waals surface area contributed by atoms with E-state index in [0.717, 1.165) is 36.7 Å². The van der Waals surface area contributed by atoms with Crippen LogP contribution < -0.4 is 11.2 Å². The second kappa shape index (κ2) is 11.3. The van der Waals surface area contributed by atoms with Gasteiger partial charge in [-0.15, -0.1) is 11.8 Å². The molecule has 1 heterocycles. The topological polar surface area (TPSA) is 67.6 Å². The van der Waals surface area contributed by atoms with Crippen LogP contribution in [0.3, 0.4) is 0 Å². The Labute approximate surface area is 174 Å². The van der Waals surface area contributed by atoms with Crippen molar-refractivity contribution in [1.29, 1.82) is 0 Å². The van der Waals surface area contributed by atoms with Crippen LogP contribution in [0.15, 0.2) is 48.5 Å². The molecule has 0 aromatic heterocycles. The Bertz CT molecular complexity index is 793. The lowest BCUT2D eigenvalue weighted by atomic mass is 10.2. The van der Waals surface area contributed by atoms with Crippen LogP contribution in [-0.2, 0) is 9.53 Å². The molecule has 0 aliphatic carbocycles. The van der Waals surface area contributed by atoms with E-state index in [-0.39, 0.29) is 16.8 Å². The summed E-state index contributed by atoms with van der Waals surface area (Å²) in [5, 5.41) is 0.469. The number of ether oxygens (including phenoxy) is 1. The largest absolute Gasteiger partial charge is 0.372 e. The summed E-state index contributed by atoms with van der Waals surface area (Å²) in [6.45, 7) is 4.52. The molecule has 1 aliphatic heterocycles. The molecule has 8 heteroatoms. The number of amides is 1. The molecule has 3 rings (SSSR count). The number of methoxy groups -OCH3 is 1. The van der Waals surface area contributed by atoms with Gasteiger partial charge in [-0.2, -0.15) is 0 Å². The Morgan fingerprint density at radius 3 is 2.52 bits per heavy atom. The third-order valence-electron chi connectivity index (χ3n) is 4.31. The minimum atomic E-state index is -0.657. The van der Waals surface area contributed by atoms with Gasteiger partial charge in [-0.05, 0) is 43.7 Å². The van der Waals surface area contributed by atoms with Crippen LogP contribution >= 0.6 is 11.8 Å². The number of hydrazine groups is 1. The van der Waals surface area contributed by atoms with Crippen molar-refractivity contribution in [3.63, 3.8) is 0 Å². The van der Waals surface area contributed by atoms with E-state index in [1.54, 1.807) is 6.92 Å². The first kappa shape index (κ1) is 23.3. The van der Waals surface area contributed by atoms with Crippen LogP contribution in [0.2, 0.25) is 0 Å². The van der Waals surface area contributed by atoms with Gasteiger partial charge in [0, 0.05) is 12.7 Å². The summed E-state index contributed by atoms with van der Waals surface area (Å²) < 4.78 is 32.8. The number of thioether (sulfide) groups is 1. The highest BCUT2D eigenvalue weighted by Gasteiger charge is 2.40. The SMILES string of the molecule is CCCN.COC(C)C(=O)N1NC(c2cc(F)ccc2F)SC1c1ccccc1. The van der Waals surface area contributed by atoms with Crippen molar-refractivity contribution in [3.05, 3.63) is 71.3 Å². The molecule has 2 aromatic carbocycles. The molecular weight excluding hydrogens is 396 g/mol. The van der Waals surface area contributed by atoms with Crippen LogP contribution in [0.4, 0.5) is 8.78 Å². The van der Waals surface area contributed by atoms with Gasteiger partial charge in [-0.25, -0.2) is 14.2 Å². The zero-order valence-corrected chi connectivity index (χ0v) is 17.6. The molecule has 3 N–H and O–H groups in total. The second-order valence-corrected chi connectivity index (χ2v) is 7.64. The van der Waals surface area contributed by atoms with Crippen molar-refractivity contribution in [1.82, 2.24) is 10.4 Å². The highest BCUT2D eigenvalue weighted by molar-refractivity contribution is 7.99. The molecule has 1 fully saturated rings. The number of nitrogens with two attached hydrogens (primary N) is 1.